The molecular weight excluding hydrogens is 270 g/mol. The van der Waals surface area contributed by atoms with Gasteiger partial charge in [-0.25, -0.2) is 0 Å². The second-order valence-corrected chi connectivity index (χ2v) is 6.32. The summed E-state index contributed by atoms with van der Waals surface area (Å²) in [4.78, 5) is 25.3. The summed E-state index contributed by atoms with van der Waals surface area (Å²) in [6.07, 6.45) is 3.12. The minimum atomic E-state index is -0.691. The molecule has 1 saturated heterocycles. The number of hydrogen-bond donors (Lipinski definition) is 1. The Balaban J connectivity index is 1.64. The van der Waals surface area contributed by atoms with Crippen LogP contribution in [0.2, 0.25) is 0 Å². The van der Waals surface area contributed by atoms with Crippen LogP contribution >= 0.6 is 0 Å². The van der Waals surface area contributed by atoms with Crippen LogP contribution in [0.4, 0.5) is 0 Å². The maximum absolute atomic E-state index is 12.4. The number of hydrogen-bond acceptors (Lipinski definition) is 3. The highest BCUT2D eigenvalue weighted by atomic mass is 16.4. The lowest BCUT2D eigenvalue weighted by molar-refractivity contribution is -0.139. The molecule has 1 saturated carbocycles. The van der Waals surface area contributed by atoms with Crippen LogP contribution in [0, 0.1) is 18.3 Å². The number of nitrogens with zero attached hydrogens (tertiary/aromatic N) is 1. The highest BCUT2D eigenvalue weighted by molar-refractivity contribution is 5.92. The van der Waals surface area contributed by atoms with E-state index in [0.29, 0.717) is 18.8 Å². The second kappa shape index (κ2) is 4.90. The molecule has 2 fully saturated rings. The number of rotatable bonds is 3. The van der Waals surface area contributed by atoms with Crippen molar-refractivity contribution < 1.29 is 19.1 Å². The molecular formula is C16H21NO4. The third-order valence-corrected chi connectivity index (χ3v) is 5.09. The summed E-state index contributed by atoms with van der Waals surface area (Å²) >= 11 is 0. The summed E-state index contributed by atoms with van der Waals surface area (Å²) in [6, 6.07) is 1.81. The average Bonchev–Trinajstić information content (AvgIpc) is 3.03. The molecule has 1 spiro atoms. The van der Waals surface area contributed by atoms with Crippen molar-refractivity contribution in [2.45, 2.75) is 39.5 Å². The highest BCUT2D eigenvalue weighted by Crippen LogP contribution is 2.59. The standard InChI is InChI=1S/C16H21NO4/c1-3-12-10(2)8-13(21-12)14(18)17-6-4-16(5-7-17)9-11(16)15(19)20/h8,11H,3-7,9H2,1-2H3,(H,19,20)/t11-/m1/s1. The Kier molecular flexibility index (Phi) is 3.30. The van der Waals surface area contributed by atoms with E-state index in [0.717, 1.165) is 37.0 Å². The Hall–Kier alpha value is -1.78. The summed E-state index contributed by atoms with van der Waals surface area (Å²) in [5.74, 6) is 0.308. The Morgan fingerprint density at radius 2 is 2.10 bits per heavy atom. The van der Waals surface area contributed by atoms with E-state index in [1.807, 2.05) is 19.9 Å². The molecule has 3 rings (SSSR count). The maximum Gasteiger partial charge on any atom is 0.307 e. The molecule has 2 heterocycles. The van der Waals surface area contributed by atoms with Gasteiger partial charge in [0.15, 0.2) is 5.76 Å². The summed E-state index contributed by atoms with van der Waals surface area (Å²) in [7, 11) is 0. The van der Waals surface area contributed by atoms with Gasteiger partial charge < -0.3 is 14.4 Å². The third kappa shape index (κ3) is 2.34. The van der Waals surface area contributed by atoms with Crippen molar-refractivity contribution in [2.75, 3.05) is 13.1 Å². The summed E-state index contributed by atoms with van der Waals surface area (Å²) in [6.45, 7) is 5.21. The molecule has 0 radical (unpaired) electrons. The summed E-state index contributed by atoms with van der Waals surface area (Å²) < 4.78 is 5.62. The molecule has 1 aliphatic carbocycles. The number of carbonyl (C=O) groups excluding carboxylic acids is 1. The fraction of sp³-hybridized carbons (Fsp3) is 0.625. The van der Waals surface area contributed by atoms with Gasteiger partial charge in [-0.15, -0.1) is 0 Å². The third-order valence-electron chi connectivity index (χ3n) is 5.09. The number of furan rings is 1. The monoisotopic (exact) mass is 291 g/mol. The van der Waals surface area contributed by atoms with Crippen LogP contribution < -0.4 is 0 Å². The largest absolute Gasteiger partial charge is 0.481 e. The minimum Gasteiger partial charge on any atom is -0.481 e. The fourth-order valence-corrected chi connectivity index (χ4v) is 3.54. The van der Waals surface area contributed by atoms with E-state index in [2.05, 4.69) is 0 Å². The number of carbonyl (C=O) groups is 2. The number of likely N-dealkylation sites (tertiary alicyclic amines) is 1. The van der Waals surface area contributed by atoms with Gasteiger partial charge in [0.05, 0.1) is 5.92 Å². The van der Waals surface area contributed by atoms with E-state index in [9.17, 15) is 9.59 Å². The van der Waals surface area contributed by atoms with Gasteiger partial charge >= 0.3 is 5.97 Å². The zero-order valence-electron chi connectivity index (χ0n) is 12.5. The van der Waals surface area contributed by atoms with Crippen LogP contribution in [-0.2, 0) is 11.2 Å². The van der Waals surface area contributed by atoms with E-state index in [1.165, 1.54) is 0 Å². The lowest BCUT2D eigenvalue weighted by atomic mass is 9.90. The van der Waals surface area contributed by atoms with Crippen LogP contribution in [0.1, 0.15) is 48.1 Å². The van der Waals surface area contributed by atoms with E-state index >= 15 is 0 Å². The van der Waals surface area contributed by atoms with Crippen LogP contribution in [-0.4, -0.2) is 35.0 Å². The fourth-order valence-electron chi connectivity index (χ4n) is 3.54. The number of carboxylic acid groups (broad SMARTS) is 1. The molecule has 5 heteroatoms. The molecule has 0 aromatic carbocycles. The molecule has 21 heavy (non-hydrogen) atoms. The molecule has 5 nitrogen and oxygen atoms in total. The predicted octanol–water partition coefficient (Wildman–Crippen LogP) is 2.48. The lowest BCUT2D eigenvalue weighted by Crippen LogP contribution is -2.39. The molecule has 1 aromatic rings. The molecule has 2 aliphatic rings. The van der Waals surface area contributed by atoms with E-state index < -0.39 is 5.97 Å². The van der Waals surface area contributed by atoms with Gasteiger partial charge in [0, 0.05) is 19.5 Å². The molecule has 114 valence electrons. The van der Waals surface area contributed by atoms with E-state index in [4.69, 9.17) is 9.52 Å². The first kappa shape index (κ1) is 14.2. The summed E-state index contributed by atoms with van der Waals surface area (Å²) in [5.41, 5.74) is 0.971. The number of aliphatic carboxylic acids is 1. The first-order valence-corrected chi connectivity index (χ1v) is 7.58. The molecule has 0 unspecified atom stereocenters. The summed E-state index contributed by atoms with van der Waals surface area (Å²) in [5, 5.41) is 9.09. The highest BCUT2D eigenvalue weighted by Gasteiger charge is 2.59. The van der Waals surface area contributed by atoms with Gasteiger partial charge in [0.2, 0.25) is 0 Å². The molecule has 0 bridgehead atoms. The molecule has 1 amide bonds. The lowest BCUT2D eigenvalue weighted by Gasteiger charge is -2.32. The zero-order valence-corrected chi connectivity index (χ0v) is 12.5. The molecule has 1 aliphatic heterocycles. The van der Waals surface area contributed by atoms with Crippen LogP contribution in [0.5, 0.6) is 0 Å². The number of aryl methyl sites for hydroxylation is 2. The smallest absolute Gasteiger partial charge is 0.307 e. The Labute approximate surface area is 123 Å². The Morgan fingerprint density at radius 1 is 1.43 bits per heavy atom. The second-order valence-electron chi connectivity index (χ2n) is 6.32. The van der Waals surface area contributed by atoms with E-state index in [1.54, 1.807) is 4.90 Å². The molecule has 1 aromatic heterocycles. The van der Waals surface area contributed by atoms with Gasteiger partial charge in [0.25, 0.3) is 5.91 Å². The minimum absolute atomic E-state index is 0.0454. The van der Waals surface area contributed by atoms with Crippen molar-refractivity contribution >= 4 is 11.9 Å². The van der Waals surface area contributed by atoms with Gasteiger partial charge in [0.1, 0.15) is 5.76 Å². The molecule has 1 atom stereocenters. The zero-order chi connectivity index (χ0) is 15.2. The van der Waals surface area contributed by atoms with Gasteiger partial charge in [-0.1, -0.05) is 6.92 Å². The van der Waals surface area contributed by atoms with Crippen molar-refractivity contribution in [1.82, 2.24) is 4.90 Å². The Bertz CT molecular complexity index is 581. The predicted molar refractivity (Wildman–Crippen MR) is 76.1 cm³/mol. The first-order valence-electron chi connectivity index (χ1n) is 7.58. The quantitative estimate of drug-likeness (QED) is 0.928. The van der Waals surface area contributed by atoms with Crippen molar-refractivity contribution in [3.05, 3.63) is 23.2 Å². The molecule has 1 N–H and O–H groups in total. The SMILES string of the molecule is CCc1oc(C(=O)N2CCC3(CC2)C[C@@H]3C(=O)O)cc1C. The van der Waals surface area contributed by atoms with Crippen LogP contribution in [0.15, 0.2) is 10.5 Å². The van der Waals surface area contributed by atoms with Crippen LogP contribution in [0.3, 0.4) is 0 Å². The van der Waals surface area contributed by atoms with Crippen LogP contribution in [0.25, 0.3) is 0 Å². The normalized spacial score (nSPS) is 23.3. The Morgan fingerprint density at radius 3 is 2.57 bits per heavy atom. The average molecular weight is 291 g/mol. The first-order chi connectivity index (χ1) is 9.97. The van der Waals surface area contributed by atoms with Gasteiger partial charge in [-0.05, 0) is 43.2 Å². The number of piperidine rings is 1. The van der Waals surface area contributed by atoms with Gasteiger partial charge in [-0.2, -0.15) is 0 Å². The van der Waals surface area contributed by atoms with Crippen molar-refractivity contribution in [1.29, 1.82) is 0 Å². The topological polar surface area (TPSA) is 70.8 Å². The number of carboxylic acids is 1. The van der Waals surface area contributed by atoms with Crippen molar-refractivity contribution in [2.24, 2.45) is 11.3 Å². The maximum atomic E-state index is 12.4. The van der Waals surface area contributed by atoms with E-state index in [-0.39, 0.29) is 17.2 Å². The van der Waals surface area contributed by atoms with Crippen molar-refractivity contribution in [3.63, 3.8) is 0 Å². The van der Waals surface area contributed by atoms with Crippen molar-refractivity contribution in [3.8, 4) is 0 Å². The number of amides is 1. The van der Waals surface area contributed by atoms with Gasteiger partial charge in [-0.3, -0.25) is 9.59 Å².